The molecule has 11 heteroatoms. The van der Waals surface area contributed by atoms with Crippen molar-refractivity contribution >= 4 is 50.7 Å². The molecule has 0 heterocycles. The van der Waals surface area contributed by atoms with E-state index in [0.717, 1.165) is 36.2 Å². The Morgan fingerprint density at radius 2 is 1.74 bits per heavy atom. The molecule has 1 aliphatic carbocycles. The Balaban J connectivity index is 1.90. The summed E-state index contributed by atoms with van der Waals surface area (Å²) in [5.74, 6) is -1.39. The Hall–Kier alpha value is -2.36. The monoisotopic (exact) mass is 543 g/mol. The van der Waals surface area contributed by atoms with Crippen LogP contribution in [0.2, 0.25) is 10.0 Å². The zero-order valence-corrected chi connectivity index (χ0v) is 21.8. The number of anilines is 1. The first kappa shape index (κ1) is 27.2. The number of sulfonamides is 1. The Kier molecular flexibility index (Phi) is 9.01. The molecule has 7 nitrogen and oxygen atoms in total. The van der Waals surface area contributed by atoms with E-state index in [1.54, 1.807) is 6.92 Å². The highest BCUT2D eigenvalue weighted by Crippen LogP contribution is 2.31. The van der Waals surface area contributed by atoms with Gasteiger partial charge in [-0.2, -0.15) is 0 Å². The molecule has 2 aromatic carbocycles. The quantitative estimate of drug-likeness (QED) is 0.508. The number of nitrogens with one attached hydrogen (secondary N) is 1. The third-order valence-corrected chi connectivity index (χ3v) is 7.67. The summed E-state index contributed by atoms with van der Waals surface area (Å²) < 4.78 is 39.5. The van der Waals surface area contributed by atoms with Gasteiger partial charge in [-0.15, -0.1) is 0 Å². The molecule has 0 aliphatic heterocycles. The van der Waals surface area contributed by atoms with Gasteiger partial charge in [0.05, 0.1) is 17.0 Å². The van der Waals surface area contributed by atoms with Crippen LogP contribution in [-0.4, -0.2) is 50.0 Å². The number of nitrogens with zero attached hydrogens (tertiary/aromatic N) is 2. The minimum atomic E-state index is -3.94. The number of rotatable bonds is 9. The molecule has 0 saturated heterocycles. The van der Waals surface area contributed by atoms with Gasteiger partial charge in [0.15, 0.2) is 0 Å². The summed E-state index contributed by atoms with van der Waals surface area (Å²) >= 11 is 12.3. The van der Waals surface area contributed by atoms with Crippen molar-refractivity contribution in [3.63, 3.8) is 0 Å². The van der Waals surface area contributed by atoms with Crippen LogP contribution in [0, 0.1) is 5.82 Å². The third kappa shape index (κ3) is 7.32. The lowest BCUT2D eigenvalue weighted by molar-refractivity contribution is -0.139. The number of amides is 2. The molecule has 3 rings (SSSR count). The molecule has 0 bridgehead atoms. The van der Waals surface area contributed by atoms with Crippen molar-refractivity contribution in [3.05, 3.63) is 63.9 Å². The SMILES string of the molecule is C[C@H](C(=O)NC1CCCC1)N(Cc1ccc(F)cc1)C(=O)CN(c1cc(Cl)ccc1Cl)S(C)(=O)=O. The van der Waals surface area contributed by atoms with Crippen molar-refractivity contribution in [2.45, 2.75) is 51.2 Å². The summed E-state index contributed by atoms with van der Waals surface area (Å²) in [7, 11) is -3.94. The predicted molar refractivity (Wildman–Crippen MR) is 135 cm³/mol. The molecule has 0 radical (unpaired) electrons. The van der Waals surface area contributed by atoms with E-state index in [1.165, 1.54) is 47.4 Å². The third-order valence-electron chi connectivity index (χ3n) is 5.99. The molecule has 35 heavy (non-hydrogen) atoms. The predicted octanol–water partition coefficient (Wildman–Crippen LogP) is 4.37. The van der Waals surface area contributed by atoms with Gasteiger partial charge in [-0.1, -0.05) is 48.2 Å². The molecule has 2 amide bonds. The van der Waals surface area contributed by atoms with E-state index < -0.39 is 34.3 Å². The second kappa shape index (κ2) is 11.6. The van der Waals surface area contributed by atoms with Gasteiger partial charge in [-0.25, -0.2) is 12.8 Å². The van der Waals surface area contributed by atoms with Crippen molar-refractivity contribution in [3.8, 4) is 0 Å². The van der Waals surface area contributed by atoms with Gasteiger partial charge < -0.3 is 10.2 Å². The zero-order chi connectivity index (χ0) is 25.8. The Labute approximate surface area is 215 Å². The number of carbonyl (C=O) groups excluding carboxylic acids is 2. The van der Waals surface area contributed by atoms with Crippen LogP contribution >= 0.6 is 23.2 Å². The Morgan fingerprint density at radius 3 is 2.34 bits per heavy atom. The standard InChI is InChI=1S/C24H28Cl2FN3O4S/c1-16(24(32)28-20-5-3-4-6-20)29(14-17-7-10-19(27)11-8-17)23(31)15-30(35(2,33)34)22-13-18(25)9-12-21(22)26/h7-13,16,20H,3-6,14-15H2,1-2H3,(H,28,32)/t16-/m1/s1. The fourth-order valence-electron chi connectivity index (χ4n) is 4.03. The van der Waals surface area contributed by atoms with Crippen LogP contribution < -0.4 is 9.62 Å². The summed E-state index contributed by atoms with van der Waals surface area (Å²) in [5.41, 5.74) is 0.645. The van der Waals surface area contributed by atoms with Crippen LogP contribution in [0.1, 0.15) is 38.2 Å². The van der Waals surface area contributed by atoms with E-state index >= 15 is 0 Å². The van der Waals surface area contributed by atoms with Crippen molar-refractivity contribution in [2.24, 2.45) is 0 Å². The minimum absolute atomic E-state index is 0.0146. The summed E-state index contributed by atoms with van der Waals surface area (Å²) in [6.07, 6.45) is 4.76. The molecule has 1 saturated carbocycles. The van der Waals surface area contributed by atoms with Crippen molar-refractivity contribution < 1.29 is 22.4 Å². The second-order valence-corrected chi connectivity index (χ2v) is 11.4. The summed E-state index contributed by atoms with van der Waals surface area (Å²) in [4.78, 5) is 27.8. The Morgan fingerprint density at radius 1 is 1.11 bits per heavy atom. The lowest BCUT2D eigenvalue weighted by Crippen LogP contribution is -2.52. The first-order valence-corrected chi connectivity index (χ1v) is 13.8. The molecule has 190 valence electrons. The number of benzene rings is 2. The maximum atomic E-state index is 13.5. The highest BCUT2D eigenvalue weighted by atomic mass is 35.5. The second-order valence-electron chi connectivity index (χ2n) is 8.68. The maximum absolute atomic E-state index is 13.5. The number of hydrogen-bond acceptors (Lipinski definition) is 4. The van der Waals surface area contributed by atoms with Gasteiger partial charge in [0.25, 0.3) is 0 Å². The molecule has 2 aromatic rings. The molecular formula is C24H28Cl2FN3O4S. The van der Waals surface area contributed by atoms with Gasteiger partial charge in [-0.05, 0) is 55.7 Å². The van der Waals surface area contributed by atoms with Crippen LogP contribution in [-0.2, 0) is 26.2 Å². The van der Waals surface area contributed by atoms with Crippen LogP contribution in [0.25, 0.3) is 0 Å². The van der Waals surface area contributed by atoms with Gasteiger partial charge in [0.1, 0.15) is 18.4 Å². The molecule has 1 N–H and O–H groups in total. The summed E-state index contributed by atoms with van der Waals surface area (Å²) in [6, 6.07) is 9.00. The smallest absolute Gasteiger partial charge is 0.244 e. The summed E-state index contributed by atoms with van der Waals surface area (Å²) in [6.45, 7) is 0.975. The van der Waals surface area contributed by atoms with Gasteiger partial charge in [0.2, 0.25) is 21.8 Å². The first-order valence-electron chi connectivity index (χ1n) is 11.2. The average molecular weight is 544 g/mol. The Bertz CT molecular complexity index is 1170. The fourth-order valence-corrected chi connectivity index (χ4v) is 5.32. The van der Waals surface area contributed by atoms with E-state index in [0.29, 0.717) is 5.56 Å². The lowest BCUT2D eigenvalue weighted by atomic mass is 10.1. The molecule has 0 spiro atoms. The van der Waals surface area contributed by atoms with E-state index in [1.807, 2.05) is 0 Å². The van der Waals surface area contributed by atoms with Crippen LogP contribution in [0.4, 0.5) is 10.1 Å². The van der Waals surface area contributed by atoms with Crippen molar-refractivity contribution in [1.29, 1.82) is 0 Å². The molecular weight excluding hydrogens is 516 g/mol. The molecule has 0 unspecified atom stereocenters. The zero-order valence-electron chi connectivity index (χ0n) is 19.5. The maximum Gasteiger partial charge on any atom is 0.244 e. The lowest BCUT2D eigenvalue weighted by Gasteiger charge is -2.32. The van der Waals surface area contributed by atoms with Crippen molar-refractivity contribution in [2.75, 3.05) is 17.1 Å². The normalized spacial score (nSPS) is 15.0. The highest BCUT2D eigenvalue weighted by Gasteiger charge is 2.32. The van der Waals surface area contributed by atoms with Crippen LogP contribution in [0.3, 0.4) is 0 Å². The first-order chi connectivity index (χ1) is 16.5. The molecule has 1 fully saturated rings. The average Bonchev–Trinajstić information content (AvgIpc) is 3.30. The number of carbonyl (C=O) groups is 2. The van der Waals surface area contributed by atoms with Crippen molar-refractivity contribution in [1.82, 2.24) is 10.2 Å². The van der Waals surface area contributed by atoms with Crippen LogP contribution in [0.5, 0.6) is 0 Å². The van der Waals surface area contributed by atoms with Gasteiger partial charge in [0, 0.05) is 17.6 Å². The number of hydrogen-bond donors (Lipinski definition) is 1. The van der Waals surface area contributed by atoms with E-state index in [4.69, 9.17) is 23.2 Å². The van der Waals surface area contributed by atoms with E-state index in [2.05, 4.69) is 5.32 Å². The van der Waals surface area contributed by atoms with E-state index in [-0.39, 0.29) is 34.2 Å². The largest absolute Gasteiger partial charge is 0.352 e. The number of halogens is 3. The summed E-state index contributed by atoms with van der Waals surface area (Å²) in [5, 5.41) is 3.33. The minimum Gasteiger partial charge on any atom is -0.352 e. The van der Waals surface area contributed by atoms with Gasteiger partial charge in [-0.3, -0.25) is 13.9 Å². The molecule has 0 aromatic heterocycles. The van der Waals surface area contributed by atoms with E-state index in [9.17, 15) is 22.4 Å². The topological polar surface area (TPSA) is 86.8 Å². The van der Waals surface area contributed by atoms with Crippen LogP contribution in [0.15, 0.2) is 42.5 Å². The molecule has 1 atom stereocenters. The molecule has 1 aliphatic rings. The highest BCUT2D eigenvalue weighted by molar-refractivity contribution is 7.92. The van der Waals surface area contributed by atoms with Gasteiger partial charge >= 0.3 is 0 Å². The fraction of sp³-hybridized carbons (Fsp3) is 0.417.